The number of anilines is 4. The van der Waals surface area contributed by atoms with E-state index >= 15 is 0 Å². The number of phenolic OH excluding ortho intramolecular Hbond substituents is 3. The molecule has 0 fully saturated rings. The number of aromatic hydroxyl groups is 3. The van der Waals surface area contributed by atoms with Crippen LogP contribution in [0, 0.1) is 18.6 Å². The summed E-state index contributed by atoms with van der Waals surface area (Å²) in [6, 6.07) is 26.2. The van der Waals surface area contributed by atoms with Crippen molar-refractivity contribution < 1.29 is 24.1 Å². The molecular weight excluding hydrogens is 977 g/mol. The van der Waals surface area contributed by atoms with Crippen molar-refractivity contribution in [2.24, 2.45) is 0 Å². The molecule has 0 spiro atoms. The highest BCUT2D eigenvalue weighted by Crippen LogP contribution is 2.39. The van der Waals surface area contributed by atoms with Crippen LogP contribution in [0.2, 0.25) is 10.0 Å². The molecule has 0 unspecified atom stereocenters. The number of para-hydroxylation sites is 1. The minimum atomic E-state index is -0.715. The van der Waals surface area contributed by atoms with Crippen LogP contribution in [0.4, 0.5) is 31.5 Å². The molecule has 58 heavy (non-hydrogen) atoms. The van der Waals surface area contributed by atoms with E-state index in [2.05, 4.69) is 70.7 Å². The molecule has 308 valence electrons. The molecule has 9 nitrogen and oxygen atoms in total. The number of hydrogen-bond donors (Lipinski definition) is 9. The summed E-state index contributed by atoms with van der Waals surface area (Å²) in [5.41, 5.74) is 3.35. The lowest BCUT2D eigenvalue weighted by Crippen LogP contribution is -2.29. The molecule has 0 radical (unpaired) electrons. The largest absolute Gasteiger partial charge is 0.504 e. The van der Waals surface area contributed by atoms with Crippen LogP contribution >= 0.6 is 91.7 Å². The summed E-state index contributed by atoms with van der Waals surface area (Å²) in [4.78, 5) is 0. The first-order valence-electron chi connectivity index (χ1n) is 17.4. The average Bonchev–Trinajstić information content (AvgIpc) is 3.19. The van der Waals surface area contributed by atoms with E-state index in [1.807, 2.05) is 60.7 Å². The lowest BCUT2D eigenvalue weighted by molar-refractivity contribution is 0.434. The average molecular weight is 1020 g/mol. The van der Waals surface area contributed by atoms with Gasteiger partial charge in [0.1, 0.15) is 0 Å². The second-order valence-corrected chi connectivity index (χ2v) is 15.9. The van der Waals surface area contributed by atoms with E-state index in [1.54, 1.807) is 25.1 Å². The third-order valence-electron chi connectivity index (χ3n) is 7.62. The first-order chi connectivity index (χ1) is 27.6. The number of phenols is 3. The van der Waals surface area contributed by atoms with E-state index in [-0.39, 0.29) is 22.1 Å². The fourth-order valence-electron chi connectivity index (χ4n) is 4.62. The van der Waals surface area contributed by atoms with Crippen molar-refractivity contribution in [3.8, 4) is 17.2 Å². The summed E-state index contributed by atoms with van der Waals surface area (Å²) in [5.74, 6) is -2.38. The van der Waals surface area contributed by atoms with Crippen molar-refractivity contribution >= 4 is 130 Å². The maximum absolute atomic E-state index is 13.4. The molecule has 0 aliphatic heterocycles. The molecule has 0 amide bonds. The Kier molecular flexibility index (Phi) is 20.7. The van der Waals surface area contributed by atoms with Gasteiger partial charge in [0.15, 0.2) is 44.2 Å². The Labute approximate surface area is 379 Å². The molecule has 5 aromatic rings. The summed E-state index contributed by atoms with van der Waals surface area (Å²) in [6.07, 6.45) is 3.29. The van der Waals surface area contributed by atoms with E-state index in [0.29, 0.717) is 47.1 Å². The number of hydrogen-bond acceptors (Lipinski definition) is 6. The molecule has 0 bridgehead atoms. The summed E-state index contributed by atoms with van der Waals surface area (Å²) in [6.45, 7) is 5.16. The minimum absolute atomic E-state index is 0.0780. The number of thiocarbonyl (C=S) groups is 3. The highest BCUT2D eigenvalue weighted by atomic mass is 79.9. The van der Waals surface area contributed by atoms with Gasteiger partial charge < -0.3 is 47.2 Å². The Hall–Kier alpha value is -4.03. The molecule has 0 saturated heterocycles. The SMILES string of the molecule is CCCCCNC(=S)Nc1cc(Br)cc(F)c1O.Cc1c(Cl)cc(NC(=S)Nc2ccccc2)c(O)c1Cl.Oc1c(F)cc(Br)cc1NC(=S)NCc1ccccc1. The second-order valence-electron chi connectivity index (χ2n) is 12.1. The summed E-state index contributed by atoms with van der Waals surface area (Å²) in [7, 11) is 0. The van der Waals surface area contributed by atoms with Crippen molar-refractivity contribution in [1.82, 2.24) is 10.6 Å². The Morgan fingerprint density at radius 1 is 0.638 bits per heavy atom. The van der Waals surface area contributed by atoms with Crippen LogP contribution < -0.4 is 31.9 Å². The predicted molar refractivity (Wildman–Crippen MR) is 254 cm³/mol. The smallest absolute Gasteiger partial charge is 0.175 e. The van der Waals surface area contributed by atoms with Gasteiger partial charge in [0, 0.05) is 32.7 Å². The molecule has 0 heterocycles. The second kappa shape index (κ2) is 24.8. The quantitative estimate of drug-likeness (QED) is 0.0375. The lowest BCUT2D eigenvalue weighted by atomic mass is 10.2. The monoisotopic (exact) mass is 1010 g/mol. The third-order valence-corrected chi connectivity index (χ3v) is 10.1. The van der Waals surface area contributed by atoms with Crippen LogP contribution in [0.5, 0.6) is 17.2 Å². The lowest BCUT2D eigenvalue weighted by Gasteiger charge is -2.14. The van der Waals surface area contributed by atoms with Crippen molar-refractivity contribution in [1.29, 1.82) is 0 Å². The molecule has 18 heteroatoms. The van der Waals surface area contributed by atoms with Gasteiger partial charge in [0.25, 0.3) is 0 Å². The standard InChI is InChI=1S/C14H12BrFN2OS.C14H12Cl2N2OS.C12H16BrFN2OS/c15-10-6-11(16)13(19)12(7-10)18-14(20)17-8-9-4-2-1-3-5-9;1-8-10(15)7-11(13(19)12(8)16)18-14(20)17-9-5-3-2-4-6-9;1-2-3-4-5-15-12(18)16-10-7-8(13)6-9(14)11(10)17/h1-7,19H,8H2,(H2,17,18,20);2-7,19H,1H3,(H2,17,18,20);6-7,17H,2-5H2,1H3,(H2,15,16,18). The molecule has 5 aromatic carbocycles. The van der Waals surface area contributed by atoms with Gasteiger partial charge in [-0.05, 0) is 104 Å². The molecule has 0 atom stereocenters. The van der Waals surface area contributed by atoms with E-state index in [1.165, 1.54) is 12.1 Å². The summed E-state index contributed by atoms with van der Waals surface area (Å²) >= 11 is 33.7. The molecule has 5 rings (SSSR count). The van der Waals surface area contributed by atoms with Gasteiger partial charge in [-0.15, -0.1) is 0 Å². The number of rotatable bonds is 10. The van der Waals surface area contributed by atoms with Crippen LogP contribution in [0.25, 0.3) is 0 Å². The van der Waals surface area contributed by atoms with Crippen LogP contribution in [0.3, 0.4) is 0 Å². The molecule has 9 N–H and O–H groups in total. The number of unbranched alkanes of at least 4 members (excludes halogenated alkanes) is 2. The molecule has 0 aromatic heterocycles. The van der Waals surface area contributed by atoms with Crippen LogP contribution in [-0.4, -0.2) is 37.2 Å². The zero-order chi connectivity index (χ0) is 42.8. The van der Waals surface area contributed by atoms with Gasteiger partial charge in [-0.25, -0.2) is 8.78 Å². The normalized spacial score (nSPS) is 10.1. The maximum Gasteiger partial charge on any atom is 0.175 e. The van der Waals surface area contributed by atoms with E-state index < -0.39 is 23.1 Å². The first kappa shape index (κ1) is 48.3. The van der Waals surface area contributed by atoms with E-state index in [4.69, 9.17) is 59.9 Å². The first-order valence-corrected chi connectivity index (χ1v) is 21.0. The van der Waals surface area contributed by atoms with Crippen molar-refractivity contribution in [3.05, 3.63) is 133 Å². The zero-order valence-electron chi connectivity index (χ0n) is 31.0. The number of benzene rings is 5. The van der Waals surface area contributed by atoms with E-state index in [9.17, 15) is 24.1 Å². The van der Waals surface area contributed by atoms with Gasteiger partial charge in [-0.2, -0.15) is 0 Å². The van der Waals surface area contributed by atoms with Gasteiger partial charge in [-0.3, -0.25) is 0 Å². The van der Waals surface area contributed by atoms with Gasteiger partial charge in [-0.1, -0.05) is 123 Å². The van der Waals surface area contributed by atoms with Crippen molar-refractivity contribution in [2.45, 2.75) is 39.7 Å². The molecule has 0 aliphatic carbocycles. The van der Waals surface area contributed by atoms with Gasteiger partial charge in [0.2, 0.25) is 0 Å². The minimum Gasteiger partial charge on any atom is -0.504 e. The zero-order valence-corrected chi connectivity index (χ0v) is 38.2. The van der Waals surface area contributed by atoms with Crippen molar-refractivity contribution in [3.63, 3.8) is 0 Å². The Balaban J connectivity index is 0.000000233. The maximum atomic E-state index is 13.4. The predicted octanol–water partition coefficient (Wildman–Crippen LogP) is 12.4. The summed E-state index contributed by atoms with van der Waals surface area (Å²) in [5, 5.41) is 48.2. The Morgan fingerprint density at radius 3 is 1.66 bits per heavy atom. The highest BCUT2D eigenvalue weighted by Gasteiger charge is 2.14. The van der Waals surface area contributed by atoms with Crippen molar-refractivity contribution in [2.75, 3.05) is 27.8 Å². The fourth-order valence-corrected chi connectivity index (χ4v) is 6.55. The van der Waals surface area contributed by atoms with Gasteiger partial charge >= 0.3 is 0 Å². The molecule has 0 aliphatic rings. The number of nitrogens with one attached hydrogen (secondary N) is 6. The molecule has 0 saturated carbocycles. The van der Waals surface area contributed by atoms with E-state index in [0.717, 1.165) is 37.1 Å². The Morgan fingerprint density at radius 2 is 1.12 bits per heavy atom. The molecular formula is C40H40Br2Cl2F2N6O3S3. The third kappa shape index (κ3) is 16.3. The van der Waals surface area contributed by atoms with Gasteiger partial charge in [0.05, 0.1) is 22.1 Å². The number of halogens is 6. The Bertz CT molecular complexity index is 2180. The summed E-state index contributed by atoms with van der Waals surface area (Å²) < 4.78 is 27.7. The highest BCUT2D eigenvalue weighted by molar-refractivity contribution is 9.10. The topological polar surface area (TPSA) is 133 Å². The van der Waals surface area contributed by atoms with Crippen LogP contribution in [-0.2, 0) is 6.54 Å². The fraction of sp³-hybridized carbons (Fsp3) is 0.175. The van der Waals surface area contributed by atoms with Crippen LogP contribution in [0.15, 0.2) is 99.9 Å². The van der Waals surface area contributed by atoms with Crippen LogP contribution in [0.1, 0.15) is 37.3 Å².